The molecule has 98 valence electrons. The molecule has 4 heteroatoms. The highest BCUT2D eigenvalue weighted by atomic mass is 16.5. The Bertz CT molecular complexity index is 155. The van der Waals surface area contributed by atoms with Crippen LogP contribution in [0.4, 0.5) is 0 Å². The Morgan fingerprint density at radius 3 is 2.38 bits per heavy atom. The minimum absolute atomic E-state index is 0.0809. The fourth-order valence-corrected chi connectivity index (χ4v) is 1.34. The average Bonchev–Trinajstić information content (AvgIpc) is 2.28. The molecule has 0 aliphatic rings. The van der Waals surface area contributed by atoms with E-state index >= 15 is 0 Å². The van der Waals surface area contributed by atoms with E-state index in [1.54, 1.807) is 0 Å². The van der Waals surface area contributed by atoms with Crippen molar-refractivity contribution in [3.63, 3.8) is 0 Å². The number of unbranched alkanes of at least 4 members (excludes halogenated alkanes) is 1. The standard InChI is InChI=1S/C12H27NO3/c1-4-6-7-15-8-9-16-11-12(3,10-14)13-5-2/h13-14H,4-11H2,1-3H3. The van der Waals surface area contributed by atoms with Crippen molar-refractivity contribution >= 4 is 0 Å². The lowest BCUT2D eigenvalue weighted by Crippen LogP contribution is -2.49. The van der Waals surface area contributed by atoms with E-state index in [0.717, 1.165) is 26.0 Å². The van der Waals surface area contributed by atoms with E-state index in [2.05, 4.69) is 12.2 Å². The highest BCUT2D eigenvalue weighted by molar-refractivity contribution is 4.81. The monoisotopic (exact) mass is 233 g/mol. The van der Waals surface area contributed by atoms with Crippen LogP contribution in [0, 0.1) is 0 Å². The van der Waals surface area contributed by atoms with Crippen LogP contribution >= 0.6 is 0 Å². The summed E-state index contributed by atoms with van der Waals surface area (Å²) in [5.41, 5.74) is -0.335. The summed E-state index contributed by atoms with van der Waals surface area (Å²) in [4.78, 5) is 0. The van der Waals surface area contributed by atoms with E-state index in [0.29, 0.717) is 19.8 Å². The molecule has 0 saturated carbocycles. The van der Waals surface area contributed by atoms with Crippen LogP contribution in [0.3, 0.4) is 0 Å². The second kappa shape index (κ2) is 10.0. The lowest BCUT2D eigenvalue weighted by molar-refractivity contribution is 0.00855. The summed E-state index contributed by atoms with van der Waals surface area (Å²) in [6, 6.07) is 0. The van der Waals surface area contributed by atoms with Crippen LogP contribution < -0.4 is 5.32 Å². The second-order valence-corrected chi connectivity index (χ2v) is 4.27. The Hall–Kier alpha value is -0.160. The van der Waals surface area contributed by atoms with E-state index in [9.17, 15) is 5.11 Å². The molecule has 0 aromatic heterocycles. The molecule has 0 heterocycles. The highest BCUT2D eigenvalue weighted by Gasteiger charge is 2.21. The largest absolute Gasteiger partial charge is 0.394 e. The van der Waals surface area contributed by atoms with E-state index in [4.69, 9.17) is 9.47 Å². The number of likely N-dealkylation sites (N-methyl/N-ethyl adjacent to an activating group) is 1. The van der Waals surface area contributed by atoms with Crippen LogP contribution in [0.15, 0.2) is 0 Å². The van der Waals surface area contributed by atoms with Gasteiger partial charge >= 0.3 is 0 Å². The van der Waals surface area contributed by atoms with Gasteiger partial charge in [0.15, 0.2) is 0 Å². The Morgan fingerprint density at radius 1 is 1.12 bits per heavy atom. The van der Waals surface area contributed by atoms with Crippen molar-refractivity contribution < 1.29 is 14.6 Å². The van der Waals surface area contributed by atoms with Gasteiger partial charge in [0, 0.05) is 6.61 Å². The Labute approximate surface area is 99.3 Å². The summed E-state index contributed by atoms with van der Waals surface area (Å²) >= 11 is 0. The maximum atomic E-state index is 9.22. The van der Waals surface area contributed by atoms with Crippen molar-refractivity contribution in [1.29, 1.82) is 0 Å². The summed E-state index contributed by atoms with van der Waals surface area (Å²) in [7, 11) is 0. The molecule has 0 aromatic rings. The van der Waals surface area contributed by atoms with E-state index in [1.165, 1.54) is 0 Å². The maximum absolute atomic E-state index is 9.22. The topological polar surface area (TPSA) is 50.7 Å². The molecule has 0 spiro atoms. The fourth-order valence-electron chi connectivity index (χ4n) is 1.34. The molecule has 0 saturated heterocycles. The van der Waals surface area contributed by atoms with Gasteiger partial charge < -0.3 is 19.9 Å². The number of nitrogens with one attached hydrogen (secondary N) is 1. The van der Waals surface area contributed by atoms with E-state index in [1.807, 2.05) is 13.8 Å². The quantitative estimate of drug-likeness (QED) is 0.526. The molecule has 0 radical (unpaired) electrons. The van der Waals surface area contributed by atoms with Gasteiger partial charge in [0.1, 0.15) is 0 Å². The first-order valence-electron chi connectivity index (χ1n) is 6.20. The van der Waals surface area contributed by atoms with Crippen LogP contribution in [0.5, 0.6) is 0 Å². The molecule has 0 aliphatic heterocycles. The molecule has 4 nitrogen and oxygen atoms in total. The summed E-state index contributed by atoms with van der Waals surface area (Å²) in [6.07, 6.45) is 2.26. The van der Waals surface area contributed by atoms with Gasteiger partial charge in [-0.15, -0.1) is 0 Å². The van der Waals surface area contributed by atoms with Crippen LogP contribution in [0.25, 0.3) is 0 Å². The predicted molar refractivity (Wildman–Crippen MR) is 65.7 cm³/mol. The SMILES string of the molecule is CCCCOCCOCC(C)(CO)NCC. The normalized spacial score (nSPS) is 15.0. The maximum Gasteiger partial charge on any atom is 0.0701 e. The number of hydrogen-bond donors (Lipinski definition) is 2. The van der Waals surface area contributed by atoms with Crippen LogP contribution in [-0.2, 0) is 9.47 Å². The molecule has 0 amide bonds. The number of aliphatic hydroxyl groups is 1. The Morgan fingerprint density at radius 2 is 1.81 bits per heavy atom. The zero-order valence-corrected chi connectivity index (χ0v) is 10.9. The Balaban J connectivity index is 3.41. The molecular weight excluding hydrogens is 206 g/mol. The predicted octanol–water partition coefficient (Wildman–Crippen LogP) is 1.18. The van der Waals surface area contributed by atoms with Gasteiger partial charge in [0.25, 0.3) is 0 Å². The van der Waals surface area contributed by atoms with Crippen molar-refractivity contribution in [1.82, 2.24) is 5.32 Å². The first kappa shape index (κ1) is 15.8. The number of hydrogen-bond acceptors (Lipinski definition) is 4. The lowest BCUT2D eigenvalue weighted by Gasteiger charge is -2.27. The number of rotatable bonds is 11. The minimum Gasteiger partial charge on any atom is -0.394 e. The molecular formula is C12H27NO3. The third-order valence-electron chi connectivity index (χ3n) is 2.39. The van der Waals surface area contributed by atoms with Gasteiger partial charge in [0.2, 0.25) is 0 Å². The third kappa shape index (κ3) is 8.05. The molecule has 0 fully saturated rings. The number of aliphatic hydroxyl groups excluding tert-OH is 1. The molecule has 0 aromatic carbocycles. The fraction of sp³-hybridized carbons (Fsp3) is 1.00. The molecule has 1 atom stereocenters. The lowest BCUT2D eigenvalue weighted by atomic mass is 10.1. The van der Waals surface area contributed by atoms with Gasteiger partial charge in [0.05, 0.1) is 32.0 Å². The summed E-state index contributed by atoms with van der Waals surface area (Å²) in [6.45, 7) is 9.56. The highest BCUT2D eigenvalue weighted by Crippen LogP contribution is 2.02. The van der Waals surface area contributed by atoms with Crippen molar-refractivity contribution in [2.75, 3.05) is 39.6 Å². The van der Waals surface area contributed by atoms with Gasteiger partial charge in [-0.2, -0.15) is 0 Å². The van der Waals surface area contributed by atoms with Gasteiger partial charge in [-0.25, -0.2) is 0 Å². The van der Waals surface area contributed by atoms with Gasteiger partial charge in [-0.3, -0.25) is 0 Å². The van der Waals surface area contributed by atoms with Crippen molar-refractivity contribution in [2.24, 2.45) is 0 Å². The van der Waals surface area contributed by atoms with Gasteiger partial charge in [-0.1, -0.05) is 20.3 Å². The molecule has 16 heavy (non-hydrogen) atoms. The van der Waals surface area contributed by atoms with E-state index < -0.39 is 0 Å². The molecule has 0 aliphatic carbocycles. The molecule has 1 unspecified atom stereocenters. The average molecular weight is 233 g/mol. The smallest absolute Gasteiger partial charge is 0.0701 e. The van der Waals surface area contributed by atoms with Gasteiger partial charge in [-0.05, 0) is 19.9 Å². The summed E-state index contributed by atoms with van der Waals surface area (Å²) in [5, 5.41) is 12.4. The first-order chi connectivity index (χ1) is 7.68. The van der Waals surface area contributed by atoms with E-state index in [-0.39, 0.29) is 12.1 Å². The minimum atomic E-state index is -0.335. The summed E-state index contributed by atoms with van der Waals surface area (Å²) in [5.74, 6) is 0. The zero-order chi connectivity index (χ0) is 12.3. The van der Waals surface area contributed by atoms with Crippen LogP contribution in [-0.4, -0.2) is 50.2 Å². The second-order valence-electron chi connectivity index (χ2n) is 4.27. The zero-order valence-electron chi connectivity index (χ0n) is 10.9. The van der Waals surface area contributed by atoms with Crippen molar-refractivity contribution in [3.05, 3.63) is 0 Å². The molecule has 0 rings (SSSR count). The third-order valence-corrected chi connectivity index (χ3v) is 2.39. The molecule has 2 N–H and O–H groups in total. The molecule has 0 bridgehead atoms. The van der Waals surface area contributed by atoms with Crippen molar-refractivity contribution in [2.45, 2.75) is 39.2 Å². The number of ether oxygens (including phenoxy) is 2. The Kier molecular flexibility index (Phi) is 9.92. The van der Waals surface area contributed by atoms with Crippen LogP contribution in [0.1, 0.15) is 33.6 Å². The van der Waals surface area contributed by atoms with Crippen LogP contribution in [0.2, 0.25) is 0 Å². The van der Waals surface area contributed by atoms with Crippen molar-refractivity contribution in [3.8, 4) is 0 Å². The summed E-state index contributed by atoms with van der Waals surface area (Å²) < 4.78 is 10.8. The first-order valence-corrected chi connectivity index (χ1v) is 6.20.